The Bertz CT molecular complexity index is 425. The van der Waals surface area contributed by atoms with E-state index >= 15 is 0 Å². The van der Waals surface area contributed by atoms with Crippen LogP contribution < -0.4 is 0 Å². The quantitative estimate of drug-likeness (QED) is 0.838. The van der Waals surface area contributed by atoms with Crippen LogP contribution in [0.1, 0.15) is 51.8 Å². The highest BCUT2D eigenvalue weighted by molar-refractivity contribution is 5.76. The number of tetrazole rings is 1. The molecule has 1 aromatic heterocycles. The molecule has 2 unspecified atom stereocenters. The lowest BCUT2D eigenvalue weighted by Crippen LogP contribution is -2.42. The third-order valence-corrected chi connectivity index (χ3v) is 3.91. The van der Waals surface area contributed by atoms with Crippen molar-refractivity contribution in [2.75, 3.05) is 0 Å². The van der Waals surface area contributed by atoms with Crippen LogP contribution in [0.5, 0.6) is 0 Å². The van der Waals surface area contributed by atoms with Crippen LogP contribution in [0.25, 0.3) is 0 Å². The number of nitrogens with zero attached hydrogens (tertiary/aromatic N) is 4. The molecule has 1 heterocycles. The lowest BCUT2D eigenvalue weighted by molar-refractivity contribution is -0.148. The molecule has 1 saturated carbocycles. The van der Waals surface area contributed by atoms with Crippen molar-refractivity contribution in [1.82, 2.24) is 20.2 Å². The Morgan fingerprint density at radius 2 is 2.12 bits per heavy atom. The Labute approximate surface area is 100 Å². The zero-order valence-corrected chi connectivity index (χ0v) is 10.4. The maximum atomic E-state index is 11.5. The van der Waals surface area contributed by atoms with Gasteiger partial charge in [-0.2, -0.15) is 0 Å². The summed E-state index contributed by atoms with van der Waals surface area (Å²) in [7, 11) is 0. The smallest absolute Gasteiger partial charge is 0.331 e. The second kappa shape index (κ2) is 4.09. The summed E-state index contributed by atoms with van der Waals surface area (Å²) in [5.74, 6) is 0.745. The van der Waals surface area contributed by atoms with E-state index in [-0.39, 0.29) is 0 Å². The molecule has 1 aliphatic rings. The molecule has 0 spiro atoms. The largest absolute Gasteiger partial charge is 0.479 e. The number of hydrogen-bond acceptors (Lipinski definition) is 4. The second-order valence-electron chi connectivity index (χ2n) is 4.81. The molecular formula is C11H18N4O2. The minimum atomic E-state index is -0.999. The van der Waals surface area contributed by atoms with E-state index in [1.165, 1.54) is 4.68 Å². The van der Waals surface area contributed by atoms with Crippen LogP contribution in [-0.2, 0) is 10.3 Å². The number of carbonyl (C=O) groups is 1. The highest BCUT2D eigenvalue weighted by Gasteiger charge is 2.46. The standard InChI is InChI=1S/C11H18N4O2/c1-4-11(5-2,10(16)17)15-9(12-13-14-15)8-6-7(8)3/h7-8H,4-6H2,1-3H3,(H,16,17). The van der Waals surface area contributed by atoms with Crippen molar-refractivity contribution < 1.29 is 9.90 Å². The van der Waals surface area contributed by atoms with Crippen LogP contribution in [0.2, 0.25) is 0 Å². The van der Waals surface area contributed by atoms with Crippen LogP contribution in [0.3, 0.4) is 0 Å². The predicted octanol–water partition coefficient (Wildman–Crippen LogP) is 1.40. The van der Waals surface area contributed by atoms with E-state index in [4.69, 9.17) is 0 Å². The average molecular weight is 238 g/mol. The molecule has 0 saturated heterocycles. The van der Waals surface area contributed by atoms with Crippen molar-refractivity contribution in [2.45, 2.75) is 51.5 Å². The van der Waals surface area contributed by atoms with Crippen LogP contribution in [0.4, 0.5) is 0 Å². The third-order valence-electron chi connectivity index (χ3n) is 3.91. The minimum absolute atomic E-state index is 0.321. The fourth-order valence-electron chi connectivity index (χ4n) is 2.35. The van der Waals surface area contributed by atoms with Gasteiger partial charge in [-0.15, -0.1) is 5.10 Å². The summed E-state index contributed by atoms with van der Waals surface area (Å²) in [5.41, 5.74) is -0.999. The second-order valence-corrected chi connectivity index (χ2v) is 4.81. The maximum Gasteiger partial charge on any atom is 0.331 e. The average Bonchev–Trinajstić information content (AvgIpc) is 2.83. The minimum Gasteiger partial charge on any atom is -0.479 e. The normalized spacial score (nSPS) is 23.7. The molecule has 1 N–H and O–H groups in total. The molecular weight excluding hydrogens is 220 g/mol. The lowest BCUT2D eigenvalue weighted by Gasteiger charge is -2.27. The first-order chi connectivity index (χ1) is 8.06. The van der Waals surface area contributed by atoms with Crippen LogP contribution in [0.15, 0.2) is 0 Å². The predicted molar refractivity (Wildman–Crippen MR) is 60.5 cm³/mol. The molecule has 94 valence electrons. The van der Waals surface area contributed by atoms with Gasteiger partial charge in [0.05, 0.1) is 0 Å². The third kappa shape index (κ3) is 1.71. The molecule has 2 rings (SSSR count). The molecule has 0 aliphatic heterocycles. The van der Waals surface area contributed by atoms with Crippen molar-refractivity contribution in [1.29, 1.82) is 0 Å². The number of rotatable bonds is 5. The van der Waals surface area contributed by atoms with E-state index in [0.717, 1.165) is 12.2 Å². The number of hydrogen-bond donors (Lipinski definition) is 1. The molecule has 6 heteroatoms. The summed E-state index contributed by atoms with van der Waals surface area (Å²) in [6, 6.07) is 0. The van der Waals surface area contributed by atoms with E-state index in [9.17, 15) is 9.90 Å². The molecule has 6 nitrogen and oxygen atoms in total. The van der Waals surface area contributed by atoms with Crippen molar-refractivity contribution in [2.24, 2.45) is 5.92 Å². The molecule has 0 aromatic carbocycles. The molecule has 1 fully saturated rings. The van der Waals surface area contributed by atoms with Gasteiger partial charge in [-0.25, -0.2) is 9.48 Å². The number of carboxylic acid groups (broad SMARTS) is 1. The number of aliphatic carboxylic acids is 1. The number of carboxylic acids is 1. The van der Waals surface area contributed by atoms with E-state index < -0.39 is 11.5 Å². The maximum absolute atomic E-state index is 11.5. The van der Waals surface area contributed by atoms with Crippen molar-refractivity contribution >= 4 is 5.97 Å². The summed E-state index contributed by atoms with van der Waals surface area (Å²) >= 11 is 0. The van der Waals surface area contributed by atoms with Crippen molar-refractivity contribution in [3.63, 3.8) is 0 Å². The number of aromatic nitrogens is 4. The Morgan fingerprint density at radius 1 is 1.53 bits per heavy atom. The van der Waals surface area contributed by atoms with Gasteiger partial charge in [0, 0.05) is 5.92 Å². The van der Waals surface area contributed by atoms with E-state index in [2.05, 4.69) is 22.4 Å². The van der Waals surface area contributed by atoms with Crippen LogP contribution in [0, 0.1) is 5.92 Å². The summed E-state index contributed by atoms with van der Waals surface area (Å²) in [6.45, 7) is 5.85. The summed E-state index contributed by atoms with van der Waals surface area (Å²) in [6.07, 6.45) is 2.01. The van der Waals surface area contributed by atoms with Gasteiger partial charge in [-0.1, -0.05) is 20.8 Å². The first-order valence-corrected chi connectivity index (χ1v) is 6.09. The monoisotopic (exact) mass is 238 g/mol. The Kier molecular flexibility index (Phi) is 2.89. The van der Waals surface area contributed by atoms with E-state index in [1.54, 1.807) is 0 Å². The Balaban J connectivity index is 2.43. The van der Waals surface area contributed by atoms with Gasteiger partial charge in [-0.05, 0) is 35.6 Å². The van der Waals surface area contributed by atoms with E-state index in [1.807, 2.05) is 13.8 Å². The zero-order chi connectivity index (χ0) is 12.6. The van der Waals surface area contributed by atoms with Crippen molar-refractivity contribution in [3.8, 4) is 0 Å². The highest BCUT2D eigenvalue weighted by Crippen LogP contribution is 2.47. The van der Waals surface area contributed by atoms with Gasteiger partial charge in [0.1, 0.15) is 0 Å². The van der Waals surface area contributed by atoms with E-state index in [0.29, 0.717) is 24.7 Å². The van der Waals surface area contributed by atoms with Gasteiger partial charge in [0.25, 0.3) is 0 Å². The molecule has 0 amide bonds. The first kappa shape index (κ1) is 12.0. The Morgan fingerprint density at radius 3 is 2.53 bits per heavy atom. The van der Waals surface area contributed by atoms with Crippen molar-refractivity contribution in [3.05, 3.63) is 5.82 Å². The fourth-order valence-corrected chi connectivity index (χ4v) is 2.35. The van der Waals surface area contributed by atoms with Gasteiger partial charge in [0.2, 0.25) is 0 Å². The van der Waals surface area contributed by atoms with Gasteiger partial charge >= 0.3 is 5.97 Å². The Hall–Kier alpha value is -1.46. The summed E-state index contributed by atoms with van der Waals surface area (Å²) < 4.78 is 1.53. The molecule has 17 heavy (non-hydrogen) atoms. The first-order valence-electron chi connectivity index (χ1n) is 6.09. The van der Waals surface area contributed by atoms with Gasteiger partial charge in [0.15, 0.2) is 11.4 Å². The summed E-state index contributed by atoms with van der Waals surface area (Å²) in [4.78, 5) is 11.5. The molecule has 1 aliphatic carbocycles. The van der Waals surface area contributed by atoms with Crippen LogP contribution >= 0.6 is 0 Å². The van der Waals surface area contributed by atoms with Gasteiger partial charge < -0.3 is 5.11 Å². The molecule has 0 radical (unpaired) electrons. The van der Waals surface area contributed by atoms with Gasteiger partial charge in [-0.3, -0.25) is 0 Å². The lowest BCUT2D eigenvalue weighted by atomic mass is 9.93. The molecule has 0 bridgehead atoms. The highest BCUT2D eigenvalue weighted by atomic mass is 16.4. The zero-order valence-electron chi connectivity index (χ0n) is 10.4. The fraction of sp³-hybridized carbons (Fsp3) is 0.818. The molecule has 1 aromatic rings. The SMILES string of the molecule is CCC(CC)(C(=O)O)n1nnnc1C1CC1C. The molecule has 2 atom stereocenters. The summed E-state index contributed by atoms with van der Waals surface area (Å²) in [5, 5.41) is 21.1. The van der Waals surface area contributed by atoms with Crippen LogP contribution in [-0.4, -0.2) is 31.3 Å². The topological polar surface area (TPSA) is 80.9 Å².